The zero-order valence-corrected chi connectivity index (χ0v) is 14.9. The van der Waals surface area contributed by atoms with Gasteiger partial charge in [-0.2, -0.15) is 13.2 Å². The molecule has 2 rings (SSSR count). The van der Waals surface area contributed by atoms with Crippen LogP contribution in [0, 0.1) is 6.92 Å². The Kier molecular flexibility index (Phi) is 6.80. The Morgan fingerprint density at radius 3 is 2.35 bits per heavy atom. The van der Waals surface area contributed by atoms with Gasteiger partial charge in [-0.25, -0.2) is 0 Å². The van der Waals surface area contributed by atoms with Crippen LogP contribution in [0.4, 0.5) is 13.2 Å². The second kappa shape index (κ2) is 8.85. The minimum Gasteiger partial charge on any atom is -0.355 e. The number of aryl methyl sites for hydroxylation is 1. The van der Waals surface area contributed by atoms with Gasteiger partial charge < -0.3 is 5.32 Å². The quantitative estimate of drug-likeness (QED) is 0.810. The van der Waals surface area contributed by atoms with E-state index in [1.54, 1.807) is 11.9 Å². The number of alkyl halides is 3. The molecule has 0 aliphatic heterocycles. The van der Waals surface area contributed by atoms with E-state index in [0.29, 0.717) is 13.1 Å². The van der Waals surface area contributed by atoms with Crippen LogP contribution in [-0.4, -0.2) is 30.9 Å². The van der Waals surface area contributed by atoms with Gasteiger partial charge in [0.05, 0.1) is 12.1 Å². The van der Waals surface area contributed by atoms with E-state index in [0.717, 1.165) is 24.1 Å². The molecule has 1 amide bonds. The van der Waals surface area contributed by atoms with E-state index in [4.69, 9.17) is 0 Å². The van der Waals surface area contributed by atoms with E-state index in [2.05, 4.69) is 5.32 Å². The van der Waals surface area contributed by atoms with Crippen molar-refractivity contribution in [1.29, 1.82) is 0 Å². The highest BCUT2D eigenvalue weighted by Crippen LogP contribution is 2.29. The summed E-state index contributed by atoms with van der Waals surface area (Å²) >= 11 is 0. The lowest BCUT2D eigenvalue weighted by Crippen LogP contribution is -2.35. The Bertz CT molecular complexity index is 727. The number of benzene rings is 2. The first-order chi connectivity index (χ1) is 12.3. The summed E-state index contributed by atoms with van der Waals surface area (Å²) in [4.78, 5) is 13.8. The van der Waals surface area contributed by atoms with Crippen LogP contribution < -0.4 is 5.32 Å². The zero-order valence-electron chi connectivity index (χ0n) is 14.9. The van der Waals surface area contributed by atoms with Crippen molar-refractivity contribution < 1.29 is 18.0 Å². The average Bonchev–Trinajstić information content (AvgIpc) is 2.56. The number of hydrogen-bond acceptors (Lipinski definition) is 2. The highest BCUT2D eigenvalue weighted by atomic mass is 19.4. The number of carbonyl (C=O) groups is 1. The summed E-state index contributed by atoms with van der Waals surface area (Å²) in [5.41, 5.74) is 2.46. The number of rotatable bonds is 7. The van der Waals surface area contributed by atoms with E-state index in [1.165, 1.54) is 23.3 Å². The molecule has 1 N–H and O–H groups in total. The van der Waals surface area contributed by atoms with Crippen LogP contribution in [0.1, 0.15) is 22.3 Å². The third kappa shape index (κ3) is 6.19. The molecular weight excluding hydrogens is 341 g/mol. The Labute approximate surface area is 151 Å². The fourth-order valence-electron chi connectivity index (χ4n) is 2.69. The Balaban J connectivity index is 1.75. The molecule has 0 fully saturated rings. The maximum absolute atomic E-state index is 12.6. The lowest BCUT2D eigenvalue weighted by Gasteiger charge is -2.17. The number of likely N-dealkylation sites (N-methyl/N-ethyl adjacent to an activating group) is 1. The Morgan fingerprint density at radius 2 is 1.73 bits per heavy atom. The van der Waals surface area contributed by atoms with E-state index in [9.17, 15) is 18.0 Å². The molecule has 0 unspecified atom stereocenters. The SMILES string of the molecule is Cc1ccccc1CCNC(=O)CN(C)Cc1ccc(C(F)(F)F)cc1. The van der Waals surface area contributed by atoms with Crippen molar-refractivity contribution in [2.75, 3.05) is 20.1 Å². The lowest BCUT2D eigenvalue weighted by molar-refractivity contribution is -0.137. The molecular formula is C20H23F3N2O. The summed E-state index contributed by atoms with van der Waals surface area (Å²) in [5, 5.41) is 2.87. The average molecular weight is 364 g/mol. The molecule has 3 nitrogen and oxygen atoms in total. The van der Waals surface area contributed by atoms with Crippen LogP contribution in [0.3, 0.4) is 0 Å². The van der Waals surface area contributed by atoms with E-state index >= 15 is 0 Å². The summed E-state index contributed by atoms with van der Waals surface area (Å²) in [6.07, 6.45) is -3.57. The minimum atomic E-state index is -4.33. The molecule has 0 radical (unpaired) electrons. The highest BCUT2D eigenvalue weighted by Gasteiger charge is 2.29. The third-order valence-corrected chi connectivity index (χ3v) is 4.13. The van der Waals surface area contributed by atoms with Gasteiger partial charge in [0.2, 0.25) is 5.91 Å². The van der Waals surface area contributed by atoms with Crippen LogP contribution in [0.25, 0.3) is 0 Å². The monoisotopic (exact) mass is 364 g/mol. The van der Waals surface area contributed by atoms with Crippen molar-refractivity contribution in [1.82, 2.24) is 10.2 Å². The summed E-state index contributed by atoms with van der Waals surface area (Å²) in [7, 11) is 1.76. The molecule has 0 aliphatic rings. The van der Waals surface area contributed by atoms with Gasteiger partial charge in [0.25, 0.3) is 0 Å². The van der Waals surface area contributed by atoms with Crippen LogP contribution in [0.2, 0.25) is 0 Å². The first kappa shape index (κ1) is 20.0. The van der Waals surface area contributed by atoms with Crippen molar-refractivity contribution >= 4 is 5.91 Å². The van der Waals surface area contributed by atoms with E-state index in [1.807, 2.05) is 31.2 Å². The van der Waals surface area contributed by atoms with Crippen LogP contribution in [0.5, 0.6) is 0 Å². The van der Waals surface area contributed by atoms with Gasteiger partial charge >= 0.3 is 6.18 Å². The number of amides is 1. The number of halogens is 3. The van der Waals surface area contributed by atoms with Crippen molar-refractivity contribution in [3.05, 3.63) is 70.8 Å². The molecule has 0 bridgehead atoms. The van der Waals surface area contributed by atoms with E-state index < -0.39 is 11.7 Å². The Hall–Kier alpha value is -2.34. The molecule has 140 valence electrons. The maximum Gasteiger partial charge on any atom is 0.416 e. The first-order valence-electron chi connectivity index (χ1n) is 8.41. The van der Waals surface area contributed by atoms with Crippen molar-refractivity contribution in [3.8, 4) is 0 Å². The van der Waals surface area contributed by atoms with Gasteiger partial charge in [0.15, 0.2) is 0 Å². The fraction of sp³-hybridized carbons (Fsp3) is 0.350. The molecule has 0 aliphatic carbocycles. The van der Waals surface area contributed by atoms with Gasteiger partial charge in [0, 0.05) is 13.1 Å². The fourth-order valence-corrected chi connectivity index (χ4v) is 2.69. The van der Waals surface area contributed by atoms with Crippen LogP contribution in [-0.2, 0) is 23.9 Å². The number of nitrogens with one attached hydrogen (secondary N) is 1. The molecule has 0 heterocycles. The van der Waals surface area contributed by atoms with Gasteiger partial charge in [-0.05, 0) is 49.2 Å². The molecule has 6 heteroatoms. The largest absolute Gasteiger partial charge is 0.416 e. The molecule has 2 aromatic rings. The summed E-state index contributed by atoms with van der Waals surface area (Å²) < 4.78 is 37.7. The molecule has 26 heavy (non-hydrogen) atoms. The minimum absolute atomic E-state index is 0.104. The highest BCUT2D eigenvalue weighted by molar-refractivity contribution is 5.77. The van der Waals surface area contributed by atoms with Gasteiger partial charge in [-0.15, -0.1) is 0 Å². The number of carbonyl (C=O) groups excluding carboxylic acids is 1. The van der Waals surface area contributed by atoms with Crippen molar-refractivity contribution in [3.63, 3.8) is 0 Å². The number of nitrogens with zero attached hydrogens (tertiary/aromatic N) is 1. The van der Waals surface area contributed by atoms with Crippen LogP contribution in [0.15, 0.2) is 48.5 Å². The third-order valence-electron chi connectivity index (χ3n) is 4.13. The molecule has 0 saturated carbocycles. The molecule has 0 spiro atoms. The second-order valence-electron chi connectivity index (χ2n) is 6.39. The van der Waals surface area contributed by atoms with Gasteiger partial charge in [-0.3, -0.25) is 9.69 Å². The normalized spacial score (nSPS) is 11.6. The molecule has 2 aromatic carbocycles. The second-order valence-corrected chi connectivity index (χ2v) is 6.39. The first-order valence-corrected chi connectivity index (χ1v) is 8.41. The predicted octanol–water partition coefficient (Wildman–Crippen LogP) is 3.80. The van der Waals surface area contributed by atoms with Crippen LogP contribution >= 0.6 is 0 Å². The molecule has 0 atom stereocenters. The standard InChI is InChI=1S/C20H23F3N2O/c1-15-5-3-4-6-17(15)11-12-24-19(26)14-25(2)13-16-7-9-18(10-8-16)20(21,22)23/h3-10H,11-14H2,1-2H3,(H,24,26). The summed E-state index contributed by atoms with van der Waals surface area (Å²) in [6.45, 7) is 3.19. The maximum atomic E-state index is 12.6. The molecule has 0 saturated heterocycles. The predicted molar refractivity (Wildman–Crippen MR) is 95.7 cm³/mol. The topological polar surface area (TPSA) is 32.3 Å². The molecule has 0 aromatic heterocycles. The van der Waals surface area contributed by atoms with Crippen molar-refractivity contribution in [2.24, 2.45) is 0 Å². The number of hydrogen-bond donors (Lipinski definition) is 1. The summed E-state index contributed by atoms with van der Waals surface area (Å²) in [5.74, 6) is -0.104. The van der Waals surface area contributed by atoms with E-state index in [-0.39, 0.29) is 12.5 Å². The van der Waals surface area contributed by atoms with Gasteiger partial charge in [-0.1, -0.05) is 36.4 Å². The zero-order chi connectivity index (χ0) is 19.2. The lowest BCUT2D eigenvalue weighted by atomic mass is 10.1. The summed E-state index contributed by atoms with van der Waals surface area (Å²) in [6, 6.07) is 13.0. The van der Waals surface area contributed by atoms with Crippen molar-refractivity contribution in [2.45, 2.75) is 26.1 Å². The van der Waals surface area contributed by atoms with Gasteiger partial charge in [0.1, 0.15) is 0 Å². The Morgan fingerprint density at radius 1 is 1.08 bits per heavy atom. The smallest absolute Gasteiger partial charge is 0.355 e.